The van der Waals surface area contributed by atoms with E-state index in [9.17, 15) is 4.79 Å². The fourth-order valence-corrected chi connectivity index (χ4v) is 5.80. The Bertz CT molecular complexity index is 1000. The second-order valence-electron chi connectivity index (χ2n) is 8.69. The summed E-state index contributed by atoms with van der Waals surface area (Å²) in [5.74, 6) is 0.166. The molecule has 4 nitrogen and oxygen atoms in total. The number of thiazole rings is 1. The van der Waals surface area contributed by atoms with Crippen LogP contribution in [0.1, 0.15) is 47.3 Å². The number of piperidine rings is 1. The molecule has 1 saturated heterocycles. The van der Waals surface area contributed by atoms with Crippen molar-refractivity contribution in [3.8, 4) is 0 Å². The number of amides is 1. The monoisotopic (exact) mass is 447 g/mol. The average Bonchev–Trinajstić information content (AvgIpc) is 3.18. The first-order valence-electron chi connectivity index (χ1n) is 11.6. The van der Waals surface area contributed by atoms with Crippen LogP contribution in [-0.2, 0) is 16.8 Å². The minimum atomic E-state index is -0.388. The number of hydrogen-bond acceptors (Lipinski definition) is 4. The summed E-state index contributed by atoms with van der Waals surface area (Å²) in [7, 11) is 0. The fraction of sp³-hybridized carbons (Fsp3) is 0.407. The van der Waals surface area contributed by atoms with Gasteiger partial charge in [0.25, 0.3) is 0 Å². The lowest BCUT2D eigenvalue weighted by molar-refractivity contribution is -0.120. The summed E-state index contributed by atoms with van der Waals surface area (Å²) >= 11 is 1.76. The number of hydrogen-bond donors (Lipinski definition) is 0. The lowest BCUT2D eigenvalue weighted by atomic mass is 9.84. The van der Waals surface area contributed by atoms with Crippen LogP contribution < -0.4 is 4.90 Å². The molecule has 32 heavy (non-hydrogen) atoms. The maximum Gasteiger partial charge on any atom is 0.227 e. The number of nitrogens with zero attached hydrogens (tertiary/aromatic N) is 3. The number of para-hydroxylation sites is 1. The van der Waals surface area contributed by atoms with Crippen molar-refractivity contribution in [2.75, 3.05) is 24.5 Å². The van der Waals surface area contributed by atoms with E-state index in [0.717, 1.165) is 55.3 Å². The first-order valence-corrected chi connectivity index (χ1v) is 12.4. The lowest BCUT2D eigenvalue weighted by Gasteiger charge is -2.47. The molecule has 0 atom stereocenters. The minimum absolute atomic E-state index is 0.166. The van der Waals surface area contributed by atoms with Gasteiger partial charge in [-0.3, -0.25) is 9.69 Å². The Morgan fingerprint density at radius 3 is 2.22 bits per heavy atom. The molecule has 0 unspecified atom stereocenters. The standard InChI is InChI=1S/C27H33N3OS/c1-4-25(31)30(24-13-9-6-10-14-24)27(26-28-21(2)22(3)32-26)16-19-29(20-17-27)18-15-23-11-7-5-8-12-23/h5-14H,4,15-20H2,1-3H3. The zero-order valence-electron chi connectivity index (χ0n) is 19.4. The molecule has 0 bridgehead atoms. The molecule has 0 radical (unpaired) electrons. The Hall–Kier alpha value is -2.50. The van der Waals surface area contributed by atoms with E-state index in [0.29, 0.717) is 6.42 Å². The number of rotatable bonds is 7. The maximum absolute atomic E-state index is 13.4. The Morgan fingerprint density at radius 1 is 1.03 bits per heavy atom. The summed E-state index contributed by atoms with van der Waals surface area (Å²) in [4.78, 5) is 24.2. The molecular formula is C27H33N3OS. The van der Waals surface area contributed by atoms with Crippen molar-refractivity contribution in [1.29, 1.82) is 0 Å². The number of carbonyl (C=O) groups is 1. The molecule has 3 aromatic rings. The molecule has 0 spiro atoms. The highest BCUT2D eigenvalue weighted by Gasteiger charge is 2.46. The van der Waals surface area contributed by atoms with Crippen molar-refractivity contribution in [2.45, 2.75) is 52.0 Å². The van der Waals surface area contributed by atoms with Crippen LogP contribution in [0, 0.1) is 13.8 Å². The molecule has 4 rings (SSSR count). The molecule has 0 aliphatic carbocycles. The largest absolute Gasteiger partial charge is 0.303 e. The molecule has 1 aliphatic heterocycles. The highest BCUT2D eigenvalue weighted by molar-refractivity contribution is 7.11. The molecule has 0 saturated carbocycles. The van der Waals surface area contributed by atoms with Crippen LogP contribution in [0.3, 0.4) is 0 Å². The Kier molecular flexibility index (Phi) is 7.07. The van der Waals surface area contributed by atoms with Gasteiger partial charge in [0, 0.05) is 36.6 Å². The molecule has 2 aromatic carbocycles. The summed E-state index contributed by atoms with van der Waals surface area (Å²) in [6.07, 6.45) is 3.33. The second kappa shape index (κ2) is 9.97. The Balaban J connectivity index is 1.63. The SMILES string of the molecule is CCC(=O)N(c1ccccc1)C1(c2nc(C)c(C)s2)CCN(CCc2ccccc2)CC1. The van der Waals surface area contributed by atoms with Crippen LogP contribution in [-0.4, -0.2) is 35.4 Å². The summed E-state index contributed by atoms with van der Waals surface area (Å²) in [6, 6.07) is 20.9. The lowest BCUT2D eigenvalue weighted by Crippen LogP contribution is -2.56. The van der Waals surface area contributed by atoms with E-state index in [2.05, 4.69) is 66.1 Å². The van der Waals surface area contributed by atoms with Crippen LogP contribution in [0.25, 0.3) is 0 Å². The number of carbonyl (C=O) groups excluding carboxylic acids is 1. The molecule has 168 valence electrons. The van der Waals surface area contributed by atoms with Crippen LogP contribution in [0.15, 0.2) is 60.7 Å². The van der Waals surface area contributed by atoms with Crippen LogP contribution in [0.2, 0.25) is 0 Å². The molecular weight excluding hydrogens is 414 g/mol. The molecule has 1 fully saturated rings. The smallest absolute Gasteiger partial charge is 0.227 e. The quantitative estimate of drug-likeness (QED) is 0.464. The van der Waals surface area contributed by atoms with Gasteiger partial charge in [0.05, 0.1) is 5.69 Å². The number of anilines is 1. The molecule has 5 heteroatoms. The normalized spacial score (nSPS) is 16.1. The first-order chi connectivity index (χ1) is 15.5. The van der Waals surface area contributed by atoms with Gasteiger partial charge in [-0.25, -0.2) is 4.98 Å². The molecule has 1 aromatic heterocycles. The zero-order valence-corrected chi connectivity index (χ0v) is 20.2. The predicted octanol–water partition coefficient (Wildman–Crippen LogP) is 5.74. The molecule has 1 aliphatic rings. The Morgan fingerprint density at radius 2 is 1.66 bits per heavy atom. The summed E-state index contributed by atoms with van der Waals surface area (Å²) in [5, 5.41) is 1.08. The predicted molar refractivity (Wildman–Crippen MR) is 133 cm³/mol. The van der Waals surface area contributed by atoms with Gasteiger partial charge in [-0.05, 0) is 50.8 Å². The first kappa shape index (κ1) is 22.7. The van der Waals surface area contributed by atoms with E-state index in [1.54, 1.807) is 11.3 Å². The molecule has 2 heterocycles. The van der Waals surface area contributed by atoms with E-state index in [-0.39, 0.29) is 11.4 Å². The van der Waals surface area contributed by atoms with Crippen molar-refractivity contribution in [2.24, 2.45) is 0 Å². The van der Waals surface area contributed by atoms with E-state index in [4.69, 9.17) is 4.98 Å². The summed E-state index contributed by atoms with van der Waals surface area (Å²) in [5.41, 5.74) is 3.04. The minimum Gasteiger partial charge on any atom is -0.303 e. The van der Waals surface area contributed by atoms with Crippen LogP contribution in [0.5, 0.6) is 0 Å². The summed E-state index contributed by atoms with van der Waals surface area (Å²) < 4.78 is 0. The third-order valence-corrected chi connectivity index (χ3v) is 7.93. The third kappa shape index (κ3) is 4.64. The highest BCUT2D eigenvalue weighted by Crippen LogP contribution is 2.44. The zero-order chi connectivity index (χ0) is 22.6. The van der Waals surface area contributed by atoms with E-state index < -0.39 is 0 Å². The summed E-state index contributed by atoms with van der Waals surface area (Å²) in [6.45, 7) is 9.14. The van der Waals surface area contributed by atoms with Gasteiger partial charge in [0.2, 0.25) is 5.91 Å². The van der Waals surface area contributed by atoms with E-state index >= 15 is 0 Å². The highest BCUT2D eigenvalue weighted by atomic mass is 32.1. The second-order valence-corrected chi connectivity index (χ2v) is 9.89. The van der Waals surface area contributed by atoms with Gasteiger partial charge in [-0.2, -0.15) is 0 Å². The van der Waals surface area contributed by atoms with Gasteiger partial charge >= 0.3 is 0 Å². The van der Waals surface area contributed by atoms with Crippen LogP contribution >= 0.6 is 11.3 Å². The maximum atomic E-state index is 13.4. The van der Waals surface area contributed by atoms with Crippen LogP contribution in [0.4, 0.5) is 5.69 Å². The topological polar surface area (TPSA) is 36.4 Å². The van der Waals surface area contributed by atoms with E-state index in [1.165, 1.54) is 10.4 Å². The molecule has 1 amide bonds. The van der Waals surface area contributed by atoms with Gasteiger partial charge in [0.15, 0.2) is 0 Å². The third-order valence-electron chi connectivity index (χ3n) is 6.66. The van der Waals surface area contributed by atoms with Crippen molar-refractivity contribution >= 4 is 22.9 Å². The Labute approximate surface area is 195 Å². The fourth-order valence-electron chi connectivity index (χ4n) is 4.65. The number of benzene rings is 2. The number of aromatic nitrogens is 1. The van der Waals surface area contributed by atoms with Crippen molar-refractivity contribution in [3.63, 3.8) is 0 Å². The number of aryl methyl sites for hydroxylation is 2. The molecule has 0 N–H and O–H groups in total. The van der Waals surface area contributed by atoms with Gasteiger partial charge in [-0.1, -0.05) is 55.5 Å². The van der Waals surface area contributed by atoms with Crippen molar-refractivity contribution in [3.05, 3.63) is 81.8 Å². The van der Waals surface area contributed by atoms with E-state index in [1.807, 2.05) is 25.1 Å². The number of likely N-dealkylation sites (tertiary alicyclic amines) is 1. The van der Waals surface area contributed by atoms with Gasteiger partial charge in [0.1, 0.15) is 10.5 Å². The van der Waals surface area contributed by atoms with Gasteiger partial charge < -0.3 is 4.90 Å². The van der Waals surface area contributed by atoms with Crippen molar-refractivity contribution in [1.82, 2.24) is 9.88 Å². The van der Waals surface area contributed by atoms with Gasteiger partial charge in [-0.15, -0.1) is 11.3 Å². The average molecular weight is 448 g/mol. The van der Waals surface area contributed by atoms with Crippen molar-refractivity contribution < 1.29 is 4.79 Å².